The highest BCUT2D eigenvalue weighted by atomic mass is 16.5. The molecule has 2 atom stereocenters. The van der Waals surface area contributed by atoms with Gasteiger partial charge < -0.3 is 9.64 Å². The van der Waals surface area contributed by atoms with Gasteiger partial charge in [-0.25, -0.2) is 0 Å². The molecule has 1 heterocycles. The largest absolute Gasteiger partial charge is 0.385 e. The lowest BCUT2D eigenvalue weighted by Crippen LogP contribution is -2.48. The van der Waals surface area contributed by atoms with Crippen LogP contribution in [0.5, 0.6) is 0 Å². The zero-order chi connectivity index (χ0) is 12.6. The summed E-state index contributed by atoms with van der Waals surface area (Å²) < 4.78 is 5.19. The molecule has 1 saturated heterocycles. The van der Waals surface area contributed by atoms with Crippen LogP contribution >= 0.6 is 0 Å². The zero-order valence-corrected chi connectivity index (χ0v) is 11.5. The Hall–Kier alpha value is -0.570. The Morgan fingerprint density at radius 2 is 1.89 bits per heavy atom. The number of carbonyl (C=O) groups excluding carboxylic acids is 1. The van der Waals surface area contributed by atoms with Crippen LogP contribution in [-0.4, -0.2) is 37.6 Å². The number of likely N-dealkylation sites (tertiary alicyclic amines) is 1. The number of fused-ring (bicyclic) bond motifs is 1. The van der Waals surface area contributed by atoms with Crippen molar-refractivity contribution in [3.8, 4) is 0 Å². The number of carbonyl (C=O) groups is 1. The molecule has 0 radical (unpaired) electrons. The third-order valence-corrected chi connectivity index (χ3v) is 5.56. The SMILES string of the molecule is COCCC1(C(=O)N2C[C@H]3CCC[C@@H]3C2)CCC1. The molecule has 1 aliphatic heterocycles. The van der Waals surface area contributed by atoms with Gasteiger partial charge in [0.25, 0.3) is 0 Å². The molecule has 0 N–H and O–H groups in total. The minimum atomic E-state index is -0.0470. The van der Waals surface area contributed by atoms with E-state index in [0.29, 0.717) is 5.91 Å². The second kappa shape index (κ2) is 4.84. The van der Waals surface area contributed by atoms with Crippen molar-refractivity contribution in [3.05, 3.63) is 0 Å². The van der Waals surface area contributed by atoms with Gasteiger partial charge in [0.05, 0.1) is 5.41 Å². The highest BCUT2D eigenvalue weighted by Gasteiger charge is 2.48. The van der Waals surface area contributed by atoms with Crippen LogP contribution in [0.2, 0.25) is 0 Å². The predicted molar refractivity (Wildman–Crippen MR) is 70.2 cm³/mol. The summed E-state index contributed by atoms with van der Waals surface area (Å²) in [4.78, 5) is 14.9. The number of ether oxygens (including phenoxy) is 1. The van der Waals surface area contributed by atoms with Crippen molar-refractivity contribution in [2.45, 2.75) is 44.9 Å². The number of rotatable bonds is 4. The molecule has 3 heteroatoms. The van der Waals surface area contributed by atoms with E-state index in [-0.39, 0.29) is 5.41 Å². The first kappa shape index (κ1) is 12.5. The molecule has 0 bridgehead atoms. The fourth-order valence-corrected chi connectivity index (χ4v) is 4.21. The maximum Gasteiger partial charge on any atom is 0.228 e. The normalized spacial score (nSPS) is 33.3. The first-order valence-corrected chi connectivity index (χ1v) is 7.53. The molecule has 0 unspecified atom stereocenters. The van der Waals surface area contributed by atoms with Crippen molar-refractivity contribution >= 4 is 5.91 Å². The Morgan fingerprint density at radius 1 is 1.22 bits per heavy atom. The number of methoxy groups -OCH3 is 1. The molecule has 2 aliphatic carbocycles. The van der Waals surface area contributed by atoms with Crippen molar-refractivity contribution in [2.75, 3.05) is 26.8 Å². The third kappa shape index (κ3) is 1.97. The Morgan fingerprint density at radius 3 is 2.39 bits per heavy atom. The molecule has 3 rings (SSSR count). The maximum absolute atomic E-state index is 12.8. The lowest BCUT2D eigenvalue weighted by Gasteiger charge is -2.43. The molecular weight excluding hydrogens is 226 g/mol. The quantitative estimate of drug-likeness (QED) is 0.768. The molecule has 102 valence electrons. The highest BCUT2D eigenvalue weighted by molar-refractivity contribution is 5.84. The molecule has 3 aliphatic rings. The van der Waals surface area contributed by atoms with Crippen LogP contribution in [0.4, 0.5) is 0 Å². The van der Waals surface area contributed by atoms with Crippen LogP contribution in [0.15, 0.2) is 0 Å². The van der Waals surface area contributed by atoms with Gasteiger partial charge in [0.15, 0.2) is 0 Å². The van der Waals surface area contributed by atoms with E-state index < -0.39 is 0 Å². The molecule has 0 aromatic carbocycles. The molecule has 0 aromatic heterocycles. The monoisotopic (exact) mass is 251 g/mol. The topological polar surface area (TPSA) is 29.5 Å². The first-order valence-electron chi connectivity index (χ1n) is 7.53. The Labute approximate surface area is 110 Å². The van der Waals surface area contributed by atoms with Gasteiger partial charge >= 0.3 is 0 Å². The van der Waals surface area contributed by atoms with Gasteiger partial charge in [0, 0.05) is 26.8 Å². The van der Waals surface area contributed by atoms with E-state index >= 15 is 0 Å². The highest BCUT2D eigenvalue weighted by Crippen LogP contribution is 2.47. The summed E-state index contributed by atoms with van der Waals surface area (Å²) >= 11 is 0. The first-order chi connectivity index (χ1) is 8.75. The van der Waals surface area contributed by atoms with E-state index in [0.717, 1.165) is 50.8 Å². The average molecular weight is 251 g/mol. The van der Waals surface area contributed by atoms with Gasteiger partial charge in [-0.2, -0.15) is 0 Å². The van der Waals surface area contributed by atoms with E-state index in [1.54, 1.807) is 7.11 Å². The number of amides is 1. The van der Waals surface area contributed by atoms with Gasteiger partial charge in [0.2, 0.25) is 5.91 Å². The lowest BCUT2D eigenvalue weighted by atomic mass is 9.66. The predicted octanol–water partition coefficient (Wildman–Crippen LogP) is 2.45. The molecular formula is C15H25NO2. The standard InChI is InChI=1S/C15H25NO2/c1-18-9-8-15(6-3-7-15)14(17)16-10-12-4-2-5-13(12)11-16/h12-13H,2-11H2,1H3/t12-,13-/m1/s1. The van der Waals surface area contributed by atoms with Crippen molar-refractivity contribution in [3.63, 3.8) is 0 Å². The van der Waals surface area contributed by atoms with Gasteiger partial charge in [0.1, 0.15) is 0 Å². The van der Waals surface area contributed by atoms with Crippen molar-refractivity contribution < 1.29 is 9.53 Å². The molecule has 18 heavy (non-hydrogen) atoms. The fraction of sp³-hybridized carbons (Fsp3) is 0.933. The summed E-state index contributed by atoms with van der Waals surface area (Å²) in [6.45, 7) is 2.81. The summed E-state index contributed by atoms with van der Waals surface area (Å²) in [7, 11) is 1.73. The second-order valence-corrected chi connectivity index (χ2v) is 6.54. The van der Waals surface area contributed by atoms with Crippen molar-refractivity contribution in [1.82, 2.24) is 4.90 Å². The molecule has 0 aromatic rings. The molecule has 3 nitrogen and oxygen atoms in total. The van der Waals surface area contributed by atoms with E-state index in [4.69, 9.17) is 4.74 Å². The van der Waals surface area contributed by atoms with E-state index in [1.165, 1.54) is 25.7 Å². The summed E-state index contributed by atoms with van der Waals surface area (Å²) in [6.07, 6.45) is 8.39. The molecule has 0 spiro atoms. The van der Waals surface area contributed by atoms with Gasteiger partial charge in [-0.1, -0.05) is 12.8 Å². The average Bonchev–Trinajstić information content (AvgIpc) is 2.87. The number of nitrogens with zero attached hydrogens (tertiary/aromatic N) is 1. The van der Waals surface area contributed by atoms with E-state index in [9.17, 15) is 4.79 Å². The zero-order valence-electron chi connectivity index (χ0n) is 11.5. The summed E-state index contributed by atoms with van der Waals surface area (Å²) in [6, 6.07) is 0. The summed E-state index contributed by atoms with van der Waals surface area (Å²) in [5.41, 5.74) is -0.0470. The number of hydrogen-bond donors (Lipinski definition) is 0. The second-order valence-electron chi connectivity index (χ2n) is 6.54. The smallest absolute Gasteiger partial charge is 0.228 e. The molecule has 1 amide bonds. The minimum Gasteiger partial charge on any atom is -0.385 e. The van der Waals surface area contributed by atoms with Gasteiger partial charge in [-0.05, 0) is 43.9 Å². The Bertz CT molecular complexity index is 312. The lowest BCUT2D eigenvalue weighted by molar-refractivity contribution is -0.148. The van der Waals surface area contributed by atoms with Crippen LogP contribution in [0.3, 0.4) is 0 Å². The van der Waals surface area contributed by atoms with E-state index in [2.05, 4.69) is 4.90 Å². The molecule has 3 fully saturated rings. The fourth-order valence-electron chi connectivity index (χ4n) is 4.21. The van der Waals surface area contributed by atoms with Gasteiger partial charge in [-0.15, -0.1) is 0 Å². The van der Waals surface area contributed by atoms with Crippen LogP contribution in [0.25, 0.3) is 0 Å². The minimum absolute atomic E-state index is 0.0470. The van der Waals surface area contributed by atoms with Crippen LogP contribution < -0.4 is 0 Å². The van der Waals surface area contributed by atoms with Crippen molar-refractivity contribution in [2.24, 2.45) is 17.3 Å². The Kier molecular flexibility index (Phi) is 3.35. The van der Waals surface area contributed by atoms with Crippen LogP contribution in [-0.2, 0) is 9.53 Å². The third-order valence-electron chi connectivity index (χ3n) is 5.56. The maximum atomic E-state index is 12.8. The summed E-state index contributed by atoms with van der Waals surface area (Å²) in [5.74, 6) is 2.07. The Balaban J connectivity index is 1.63. The number of hydrogen-bond acceptors (Lipinski definition) is 2. The van der Waals surface area contributed by atoms with Crippen LogP contribution in [0.1, 0.15) is 44.9 Å². The summed E-state index contributed by atoms with van der Waals surface area (Å²) in [5, 5.41) is 0. The van der Waals surface area contributed by atoms with Gasteiger partial charge in [-0.3, -0.25) is 4.79 Å². The van der Waals surface area contributed by atoms with E-state index in [1.807, 2.05) is 0 Å². The van der Waals surface area contributed by atoms with Crippen LogP contribution in [0, 0.1) is 17.3 Å². The van der Waals surface area contributed by atoms with Crippen molar-refractivity contribution in [1.29, 1.82) is 0 Å². The molecule has 2 saturated carbocycles.